The maximum Gasteiger partial charge on any atom is 0.0726 e. The molecule has 4 heteroatoms. The second-order valence-corrected chi connectivity index (χ2v) is 5.99. The van der Waals surface area contributed by atoms with Crippen LogP contribution in [-0.4, -0.2) is 25.3 Å². The number of hydrogen-bond donors (Lipinski definition) is 0. The van der Waals surface area contributed by atoms with Crippen LogP contribution in [0, 0.1) is 0 Å². The molecule has 1 fully saturated rings. The van der Waals surface area contributed by atoms with E-state index in [1.165, 1.54) is 15.7 Å². The van der Waals surface area contributed by atoms with Gasteiger partial charge in [0.2, 0.25) is 0 Å². The predicted octanol–water partition coefficient (Wildman–Crippen LogP) is 3.96. The molecule has 1 heterocycles. The fraction of sp³-hybridized carbons (Fsp3) is 0.538. The van der Waals surface area contributed by atoms with Gasteiger partial charge in [0.15, 0.2) is 0 Å². The molecule has 17 heavy (non-hydrogen) atoms. The highest BCUT2D eigenvalue weighted by molar-refractivity contribution is 9.10. The van der Waals surface area contributed by atoms with Crippen molar-refractivity contribution in [1.82, 2.24) is 0 Å². The Labute approximate surface area is 120 Å². The van der Waals surface area contributed by atoms with Crippen LogP contribution in [0.5, 0.6) is 0 Å². The molecule has 1 aliphatic heterocycles. The van der Waals surface area contributed by atoms with Gasteiger partial charge >= 0.3 is 0 Å². The SMILES string of the molecule is CC1CN(c2ccc(CBr)c(Br)c2)CC(C)O1. The maximum absolute atomic E-state index is 5.75. The van der Waals surface area contributed by atoms with Crippen molar-refractivity contribution in [1.29, 1.82) is 0 Å². The zero-order chi connectivity index (χ0) is 12.4. The van der Waals surface area contributed by atoms with Gasteiger partial charge in [-0.3, -0.25) is 0 Å². The third-order valence-corrected chi connectivity index (χ3v) is 4.31. The second-order valence-electron chi connectivity index (χ2n) is 4.57. The smallest absolute Gasteiger partial charge is 0.0726 e. The highest BCUT2D eigenvalue weighted by Crippen LogP contribution is 2.27. The van der Waals surface area contributed by atoms with E-state index in [1.807, 2.05) is 0 Å². The summed E-state index contributed by atoms with van der Waals surface area (Å²) >= 11 is 7.10. The quantitative estimate of drug-likeness (QED) is 0.738. The molecule has 1 saturated heterocycles. The molecule has 94 valence electrons. The zero-order valence-corrected chi connectivity index (χ0v) is 13.3. The summed E-state index contributed by atoms with van der Waals surface area (Å²) in [5, 5.41) is 0.879. The van der Waals surface area contributed by atoms with E-state index in [-0.39, 0.29) is 0 Å². The molecule has 0 radical (unpaired) electrons. The Bertz CT molecular complexity index is 387. The minimum absolute atomic E-state index is 0.299. The van der Waals surface area contributed by atoms with Crippen molar-refractivity contribution in [3.05, 3.63) is 28.2 Å². The minimum Gasteiger partial charge on any atom is -0.372 e. The summed E-state index contributed by atoms with van der Waals surface area (Å²) in [5.74, 6) is 0. The second kappa shape index (κ2) is 5.72. The molecule has 0 aliphatic carbocycles. The van der Waals surface area contributed by atoms with E-state index in [4.69, 9.17) is 4.74 Å². The standard InChI is InChI=1S/C13H17Br2NO/c1-9-7-16(8-10(2)17-9)12-4-3-11(6-14)13(15)5-12/h3-5,9-10H,6-8H2,1-2H3. The molecule has 0 aromatic heterocycles. The largest absolute Gasteiger partial charge is 0.372 e. The monoisotopic (exact) mass is 361 g/mol. The number of hydrogen-bond acceptors (Lipinski definition) is 2. The third-order valence-electron chi connectivity index (χ3n) is 2.97. The molecule has 0 spiro atoms. The number of rotatable bonds is 2. The van der Waals surface area contributed by atoms with Crippen molar-refractivity contribution >= 4 is 37.5 Å². The molecular formula is C13H17Br2NO. The first-order valence-corrected chi connectivity index (χ1v) is 7.76. The summed E-state index contributed by atoms with van der Waals surface area (Å²) in [7, 11) is 0. The summed E-state index contributed by atoms with van der Waals surface area (Å²) in [6.45, 7) is 6.18. The van der Waals surface area contributed by atoms with Crippen LogP contribution in [0.1, 0.15) is 19.4 Å². The topological polar surface area (TPSA) is 12.5 Å². The van der Waals surface area contributed by atoms with Gasteiger partial charge in [0.1, 0.15) is 0 Å². The van der Waals surface area contributed by atoms with Crippen LogP contribution in [0.2, 0.25) is 0 Å². The maximum atomic E-state index is 5.75. The fourth-order valence-electron chi connectivity index (χ4n) is 2.23. The Hall–Kier alpha value is -0.0600. The molecule has 2 unspecified atom stereocenters. The van der Waals surface area contributed by atoms with Gasteiger partial charge in [-0.1, -0.05) is 37.9 Å². The molecule has 2 atom stereocenters. The van der Waals surface area contributed by atoms with Crippen LogP contribution < -0.4 is 4.90 Å². The van der Waals surface area contributed by atoms with Crippen molar-refractivity contribution in [3.63, 3.8) is 0 Å². The van der Waals surface area contributed by atoms with Crippen LogP contribution >= 0.6 is 31.9 Å². The number of alkyl halides is 1. The number of nitrogens with zero attached hydrogens (tertiary/aromatic N) is 1. The van der Waals surface area contributed by atoms with Crippen molar-refractivity contribution in [2.75, 3.05) is 18.0 Å². The van der Waals surface area contributed by atoms with Crippen LogP contribution in [0.4, 0.5) is 5.69 Å². The lowest BCUT2D eigenvalue weighted by molar-refractivity contribution is -0.00521. The molecule has 1 aromatic rings. The van der Waals surface area contributed by atoms with E-state index in [0.29, 0.717) is 12.2 Å². The summed E-state index contributed by atoms with van der Waals surface area (Å²) in [6.07, 6.45) is 0.599. The summed E-state index contributed by atoms with van der Waals surface area (Å²) in [6, 6.07) is 6.55. The lowest BCUT2D eigenvalue weighted by atomic mass is 10.1. The Kier molecular flexibility index (Phi) is 4.50. The third kappa shape index (κ3) is 3.24. The molecule has 0 saturated carbocycles. The molecule has 0 N–H and O–H groups in total. The van der Waals surface area contributed by atoms with E-state index < -0.39 is 0 Å². The van der Waals surface area contributed by atoms with E-state index in [1.54, 1.807) is 0 Å². The highest BCUT2D eigenvalue weighted by atomic mass is 79.9. The number of halogens is 2. The highest BCUT2D eigenvalue weighted by Gasteiger charge is 2.22. The molecule has 1 aromatic carbocycles. The lowest BCUT2D eigenvalue weighted by Gasteiger charge is -2.37. The van der Waals surface area contributed by atoms with Crippen molar-refractivity contribution in [2.45, 2.75) is 31.4 Å². The van der Waals surface area contributed by atoms with Gasteiger partial charge in [0.25, 0.3) is 0 Å². The lowest BCUT2D eigenvalue weighted by Crippen LogP contribution is -2.45. The fourth-order valence-corrected chi connectivity index (χ4v) is 3.60. The Morgan fingerprint density at radius 3 is 2.47 bits per heavy atom. The van der Waals surface area contributed by atoms with Gasteiger partial charge in [-0.05, 0) is 31.5 Å². The minimum atomic E-state index is 0.299. The van der Waals surface area contributed by atoms with Crippen molar-refractivity contribution < 1.29 is 4.74 Å². The van der Waals surface area contributed by atoms with Crippen molar-refractivity contribution in [2.24, 2.45) is 0 Å². The number of benzene rings is 1. The van der Waals surface area contributed by atoms with Gasteiger partial charge in [0.05, 0.1) is 12.2 Å². The molecular weight excluding hydrogens is 346 g/mol. The van der Waals surface area contributed by atoms with Crippen LogP contribution in [0.25, 0.3) is 0 Å². The first-order valence-electron chi connectivity index (χ1n) is 5.85. The van der Waals surface area contributed by atoms with Gasteiger partial charge in [0, 0.05) is 28.6 Å². The van der Waals surface area contributed by atoms with Crippen LogP contribution in [0.15, 0.2) is 22.7 Å². The first kappa shape index (κ1) is 13.4. The molecule has 2 rings (SSSR count). The van der Waals surface area contributed by atoms with Gasteiger partial charge in [-0.2, -0.15) is 0 Å². The van der Waals surface area contributed by atoms with E-state index in [0.717, 1.165) is 18.4 Å². The van der Waals surface area contributed by atoms with Crippen LogP contribution in [-0.2, 0) is 10.1 Å². The summed E-state index contributed by atoms with van der Waals surface area (Å²) in [4.78, 5) is 2.39. The molecule has 1 aliphatic rings. The van der Waals surface area contributed by atoms with Gasteiger partial charge < -0.3 is 9.64 Å². The Balaban J connectivity index is 2.19. The average Bonchev–Trinajstić information content (AvgIpc) is 2.27. The first-order chi connectivity index (χ1) is 8.10. The number of morpholine rings is 1. The molecule has 0 amide bonds. The van der Waals surface area contributed by atoms with E-state index >= 15 is 0 Å². The van der Waals surface area contributed by atoms with Crippen molar-refractivity contribution in [3.8, 4) is 0 Å². The van der Waals surface area contributed by atoms with E-state index in [2.05, 4.69) is 68.8 Å². The predicted molar refractivity (Wildman–Crippen MR) is 79.0 cm³/mol. The Morgan fingerprint density at radius 2 is 1.94 bits per heavy atom. The van der Waals surface area contributed by atoms with E-state index in [9.17, 15) is 0 Å². The number of anilines is 1. The summed E-state index contributed by atoms with van der Waals surface area (Å²) < 4.78 is 6.92. The molecule has 0 bridgehead atoms. The van der Waals surface area contributed by atoms with Gasteiger partial charge in [-0.25, -0.2) is 0 Å². The number of ether oxygens (including phenoxy) is 1. The average molecular weight is 363 g/mol. The normalized spacial score (nSPS) is 25.1. The van der Waals surface area contributed by atoms with Crippen LogP contribution in [0.3, 0.4) is 0 Å². The van der Waals surface area contributed by atoms with Gasteiger partial charge in [-0.15, -0.1) is 0 Å². The molecule has 2 nitrogen and oxygen atoms in total. The summed E-state index contributed by atoms with van der Waals surface area (Å²) in [5.41, 5.74) is 2.55. The Morgan fingerprint density at radius 1 is 1.29 bits per heavy atom. The zero-order valence-electron chi connectivity index (χ0n) is 10.1.